The van der Waals surface area contributed by atoms with Crippen molar-refractivity contribution in [2.75, 3.05) is 0 Å². The maximum Gasteiger partial charge on any atom is 0.192 e. The summed E-state index contributed by atoms with van der Waals surface area (Å²) in [6.07, 6.45) is -0.674. The van der Waals surface area contributed by atoms with Crippen molar-refractivity contribution in [2.45, 2.75) is 96.8 Å². The summed E-state index contributed by atoms with van der Waals surface area (Å²) >= 11 is 0. The highest BCUT2D eigenvalue weighted by Crippen LogP contribution is 2.43. The average Bonchev–Trinajstić information content (AvgIpc) is 2.80. The summed E-state index contributed by atoms with van der Waals surface area (Å²) in [7, 11) is -2.16. The highest BCUT2D eigenvalue weighted by atomic mass is 28.4. The van der Waals surface area contributed by atoms with E-state index in [2.05, 4.69) is 72.0 Å². The number of aliphatic hydroxyl groups is 1. The molecule has 2 aromatic rings. The van der Waals surface area contributed by atoms with Crippen LogP contribution in [0.2, 0.25) is 18.1 Å². The Bertz CT molecular complexity index is 865. The van der Waals surface area contributed by atoms with Crippen LogP contribution in [0.4, 0.5) is 0 Å². The number of rotatable bonds is 9. The smallest absolute Gasteiger partial charge is 0.192 e. The van der Waals surface area contributed by atoms with E-state index in [9.17, 15) is 5.11 Å². The van der Waals surface area contributed by atoms with Crippen LogP contribution in [0.3, 0.4) is 0 Å². The molecule has 0 spiro atoms. The number of benzene rings is 2. The van der Waals surface area contributed by atoms with Crippen LogP contribution in [-0.4, -0.2) is 37.8 Å². The van der Waals surface area contributed by atoms with Crippen molar-refractivity contribution in [3.05, 3.63) is 71.8 Å². The van der Waals surface area contributed by atoms with Gasteiger partial charge in [0.15, 0.2) is 8.32 Å². The summed E-state index contributed by atoms with van der Waals surface area (Å²) in [5.41, 5.74) is 2.24. The molecule has 4 nitrogen and oxygen atoms in total. The normalized spacial score (nSPS) is 28.1. The Morgan fingerprint density at radius 3 is 1.71 bits per heavy atom. The highest BCUT2D eigenvalue weighted by Gasteiger charge is 2.52. The lowest BCUT2D eigenvalue weighted by molar-refractivity contribution is -0.214. The molecule has 0 amide bonds. The average molecular weight is 485 g/mol. The number of aliphatic hydroxyl groups excluding tert-OH is 1. The third-order valence-corrected chi connectivity index (χ3v) is 12.4. The van der Waals surface area contributed by atoms with E-state index in [1.54, 1.807) is 0 Å². The van der Waals surface area contributed by atoms with Crippen LogP contribution in [-0.2, 0) is 27.1 Å². The van der Waals surface area contributed by atoms with Crippen LogP contribution >= 0.6 is 0 Å². The third kappa shape index (κ3) is 6.38. The molecule has 0 bridgehead atoms. The van der Waals surface area contributed by atoms with E-state index in [1.165, 1.54) is 0 Å². The Morgan fingerprint density at radius 2 is 1.26 bits per heavy atom. The number of ether oxygens (including phenoxy) is 2. The lowest BCUT2D eigenvalue weighted by Gasteiger charge is -2.51. The topological polar surface area (TPSA) is 47.9 Å². The first kappa shape index (κ1) is 27.1. The van der Waals surface area contributed by atoms with Gasteiger partial charge in [0.05, 0.1) is 31.5 Å². The van der Waals surface area contributed by atoms with Crippen molar-refractivity contribution >= 4 is 8.32 Å². The molecule has 6 atom stereocenters. The fraction of sp³-hybridized carbons (Fsp3) is 0.586. The Balaban J connectivity index is 1.92. The molecule has 0 aliphatic heterocycles. The van der Waals surface area contributed by atoms with E-state index in [0.717, 1.165) is 17.5 Å². The zero-order chi connectivity index (χ0) is 24.9. The molecular formula is C29H44O4Si. The Kier molecular flexibility index (Phi) is 9.15. The van der Waals surface area contributed by atoms with Gasteiger partial charge in [-0.05, 0) is 41.1 Å². The molecule has 0 radical (unpaired) electrons. The molecule has 188 valence electrons. The Morgan fingerprint density at radius 1 is 0.794 bits per heavy atom. The minimum absolute atomic E-state index is 0.0296. The third-order valence-electron chi connectivity index (χ3n) is 7.90. The molecule has 3 rings (SSSR count). The standard InChI is InChI=1S/C29H44O4Si/c1-8-24-21(2)26(31-19-22-15-11-9-12-16-22)28(32-20-23-17-13-10-14-18-23)27(25(24)30)33-34(6,7)29(3,4)5/h9-18,21,24-28,30H,8,19-20H2,1-7H3/t21-,24-,25+,26+,27-,28-/m1/s1. The molecule has 1 fully saturated rings. The molecule has 0 heterocycles. The van der Waals surface area contributed by atoms with Crippen molar-refractivity contribution in [1.82, 2.24) is 0 Å². The van der Waals surface area contributed by atoms with Crippen LogP contribution in [0.25, 0.3) is 0 Å². The van der Waals surface area contributed by atoms with Gasteiger partial charge < -0.3 is 19.0 Å². The van der Waals surface area contributed by atoms with Crippen LogP contribution in [0.15, 0.2) is 60.7 Å². The van der Waals surface area contributed by atoms with E-state index in [4.69, 9.17) is 13.9 Å². The van der Waals surface area contributed by atoms with Gasteiger partial charge in [0.2, 0.25) is 0 Å². The van der Waals surface area contributed by atoms with Crippen molar-refractivity contribution < 1.29 is 19.0 Å². The van der Waals surface area contributed by atoms with E-state index in [1.807, 2.05) is 36.4 Å². The molecule has 2 aromatic carbocycles. The van der Waals surface area contributed by atoms with Crippen molar-refractivity contribution in [3.8, 4) is 0 Å². The SMILES string of the molecule is CC[C@@H]1[C@@H](C)[C@H](OCc2ccccc2)[C@@H](OCc2ccccc2)[C@H](O[Si](C)(C)C(C)(C)C)[C@H]1O. The van der Waals surface area contributed by atoms with Gasteiger partial charge in [-0.1, -0.05) is 102 Å². The molecule has 0 unspecified atom stereocenters. The molecule has 0 saturated heterocycles. The summed E-state index contributed by atoms with van der Waals surface area (Å²) in [4.78, 5) is 0. The number of hydrogen-bond acceptors (Lipinski definition) is 4. The summed E-state index contributed by atoms with van der Waals surface area (Å²) in [6, 6.07) is 20.5. The van der Waals surface area contributed by atoms with Gasteiger partial charge in [0, 0.05) is 0 Å². The van der Waals surface area contributed by atoms with Gasteiger partial charge in [0.25, 0.3) is 0 Å². The van der Waals surface area contributed by atoms with Crippen molar-refractivity contribution in [3.63, 3.8) is 0 Å². The molecule has 1 N–H and O–H groups in total. The molecule has 34 heavy (non-hydrogen) atoms. The predicted molar refractivity (Wildman–Crippen MR) is 141 cm³/mol. The molecule has 1 aliphatic carbocycles. The molecule has 1 saturated carbocycles. The summed E-state index contributed by atoms with van der Waals surface area (Å²) in [5.74, 6) is 0.232. The largest absolute Gasteiger partial charge is 0.409 e. The molecule has 5 heteroatoms. The monoisotopic (exact) mass is 484 g/mol. The predicted octanol–water partition coefficient (Wildman–Crippen LogP) is 6.58. The summed E-state index contributed by atoms with van der Waals surface area (Å²) in [6.45, 7) is 16.5. The molecular weight excluding hydrogens is 440 g/mol. The van der Waals surface area contributed by atoms with Gasteiger partial charge in [-0.25, -0.2) is 0 Å². The minimum Gasteiger partial charge on any atom is -0.409 e. The maximum atomic E-state index is 11.6. The van der Waals surface area contributed by atoms with Crippen LogP contribution in [0.1, 0.15) is 52.2 Å². The van der Waals surface area contributed by atoms with Gasteiger partial charge in [0.1, 0.15) is 6.10 Å². The fourth-order valence-corrected chi connectivity index (χ4v) is 6.02. The van der Waals surface area contributed by atoms with Gasteiger partial charge >= 0.3 is 0 Å². The van der Waals surface area contributed by atoms with Gasteiger partial charge in [-0.2, -0.15) is 0 Å². The second-order valence-corrected chi connectivity index (χ2v) is 16.0. The quantitative estimate of drug-likeness (QED) is 0.408. The Hall–Kier alpha value is -1.50. The fourth-order valence-electron chi connectivity index (χ4n) is 4.72. The Labute approximate surface area is 207 Å². The van der Waals surface area contributed by atoms with E-state index in [-0.39, 0.29) is 29.1 Å². The first-order valence-electron chi connectivity index (χ1n) is 12.7. The van der Waals surface area contributed by atoms with E-state index < -0.39 is 20.5 Å². The molecule has 1 aliphatic rings. The summed E-state index contributed by atoms with van der Waals surface area (Å²) < 4.78 is 20.1. The van der Waals surface area contributed by atoms with E-state index >= 15 is 0 Å². The summed E-state index contributed by atoms with van der Waals surface area (Å²) in [5, 5.41) is 11.6. The zero-order valence-corrected chi connectivity index (χ0v) is 23.0. The zero-order valence-electron chi connectivity index (χ0n) is 22.0. The molecule has 0 aromatic heterocycles. The van der Waals surface area contributed by atoms with Crippen molar-refractivity contribution in [2.24, 2.45) is 11.8 Å². The lowest BCUT2D eigenvalue weighted by atomic mass is 9.72. The highest BCUT2D eigenvalue weighted by molar-refractivity contribution is 6.74. The number of hydrogen-bond donors (Lipinski definition) is 1. The van der Waals surface area contributed by atoms with Gasteiger partial charge in [-0.15, -0.1) is 0 Å². The first-order valence-corrected chi connectivity index (χ1v) is 15.6. The van der Waals surface area contributed by atoms with Crippen molar-refractivity contribution in [1.29, 1.82) is 0 Å². The van der Waals surface area contributed by atoms with Crippen LogP contribution in [0.5, 0.6) is 0 Å². The maximum absolute atomic E-state index is 11.6. The van der Waals surface area contributed by atoms with Crippen LogP contribution in [0, 0.1) is 11.8 Å². The van der Waals surface area contributed by atoms with Gasteiger partial charge in [-0.3, -0.25) is 0 Å². The van der Waals surface area contributed by atoms with E-state index in [0.29, 0.717) is 13.2 Å². The second-order valence-electron chi connectivity index (χ2n) is 11.3. The van der Waals surface area contributed by atoms with Crippen LogP contribution < -0.4 is 0 Å². The second kappa shape index (κ2) is 11.5. The first-order chi connectivity index (χ1) is 16.0. The minimum atomic E-state index is -2.16. The lowest BCUT2D eigenvalue weighted by Crippen LogP contribution is -2.63.